The Hall–Kier alpha value is -2.05. The number of ether oxygens (including phenoxy) is 1. The fourth-order valence-corrected chi connectivity index (χ4v) is 2.69. The third-order valence-corrected chi connectivity index (χ3v) is 3.95. The van der Waals surface area contributed by atoms with Crippen LogP contribution >= 0.6 is 12.4 Å². The molecule has 0 aliphatic carbocycles. The Morgan fingerprint density at radius 2 is 2.17 bits per heavy atom. The summed E-state index contributed by atoms with van der Waals surface area (Å²) in [6, 6.07) is 8.22. The summed E-state index contributed by atoms with van der Waals surface area (Å²) in [7, 11) is 0. The average Bonchev–Trinajstić information content (AvgIpc) is 2.58. The van der Waals surface area contributed by atoms with E-state index in [1.807, 2.05) is 0 Å². The van der Waals surface area contributed by atoms with Crippen LogP contribution in [0.3, 0.4) is 0 Å². The maximum absolute atomic E-state index is 11.8. The molecule has 0 saturated carbocycles. The molecule has 1 aromatic heterocycles. The van der Waals surface area contributed by atoms with Crippen LogP contribution in [-0.2, 0) is 4.79 Å². The normalized spacial score (nSPS) is 17.1. The van der Waals surface area contributed by atoms with Gasteiger partial charge in [0.2, 0.25) is 0 Å². The summed E-state index contributed by atoms with van der Waals surface area (Å²) < 4.78 is 10.6. The SMILES string of the molecule is Cl.O=C(COc1ccc2ccc(=O)oc2c1)NCC1CCCNC1. The zero-order chi connectivity index (χ0) is 16.1. The molecule has 6 nitrogen and oxygen atoms in total. The van der Waals surface area contributed by atoms with Crippen LogP contribution in [0, 0.1) is 5.92 Å². The first-order valence-electron chi connectivity index (χ1n) is 7.85. The molecule has 1 fully saturated rings. The number of fused-ring (bicyclic) bond motifs is 1. The van der Waals surface area contributed by atoms with E-state index in [4.69, 9.17) is 9.15 Å². The zero-order valence-electron chi connectivity index (χ0n) is 13.2. The lowest BCUT2D eigenvalue weighted by Gasteiger charge is -2.22. The summed E-state index contributed by atoms with van der Waals surface area (Å²) >= 11 is 0. The van der Waals surface area contributed by atoms with Crippen LogP contribution in [0.2, 0.25) is 0 Å². The molecule has 2 aromatic rings. The van der Waals surface area contributed by atoms with Crippen molar-refractivity contribution in [2.75, 3.05) is 26.2 Å². The van der Waals surface area contributed by atoms with Crippen molar-refractivity contribution in [2.45, 2.75) is 12.8 Å². The lowest BCUT2D eigenvalue weighted by Crippen LogP contribution is -2.39. The summed E-state index contributed by atoms with van der Waals surface area (Å²) in [4.78, 5) is 23.1. The molecule has 0 spiro atoms. The topological polar surface area (TPSA) is 80.6 Å². The summed E-state index contributed by atoms with van der Waals surface area (Å²) in [6.45, 7) is 2.63. The van der Waals surface area contributed by atoms with Gasteiger partial charge in [0.05, 0.1) is 0 Å². The van der Waals surface area contributed by atoms with Gasteiger partial charge in [-0.25, -0.2) is 4.79 Å². The van der Waals surface area contributed by atoms with E-state index in [-0.39, 0.29) is 24.9 Å². The molecule has 1 atom stereocenters. The zero-order valence-corrected chi connectivity index (χ0v) is 14.1. The van der Waals surface area contributed by atoms with Gasteiger partial charge in [0.25, 0.3) is 5.91 Å². The smallest absolute Gasteiger partial charge is 0.336 e. The molecule has 3 rings (SSSR count). The van der Waals surface area contributed by atoms with E-state index in [1.54, 1.807) is 24.3 Å². The first kappa shape index (κ1) is 18.3. The quantitative estimate of drug-likeness (QED) is 0.801. The van der Waals surface area contributed by atoms with Gasteiger partial charge in [0.15, 0.2) is 6.61 Å². The summed E-state index contributed by atoms with van der Waals surface area (Å²) in [5.74, 6) is 0.842. The number of hydrogen-bond acceptors (Lipinski definition) is 5. The second-order valence-corrected chi connectivity index (χ2v) is 5.76. The average molecular weight is 353 g/mol. The Labute approximate surface area is 146 Å². The van der Waals surface area contributed by atoms with Gasteiger partial charge in [-0.05, 0) is 50.0 Å². The molecule has 1 aliphatic heterocycles. The Balaban J connectivity index is 0.00000208. The standard InChI is InChI=1S/C17H20N2O4.ClH/c20-16(19-10-12-2-1-7-18-9-12)11-22-14-5-3-13-4-6-17(21)23-15(13)8-14;/h3-6,8,12,18H,1-2,7,9-11H2,(H,19,20);1H. The number of benzene rings is 1. The van der Waals surface area contributed by atoms with Gasteiger partial charge in [0, 0.05) is 24.1 Å². The van der Waals surface area contributed by atoms with Gasteiger partial charge in [-0.15, -0.1) is 12.4 Å². The molecule has 1 amide bonds. The Morgan fingerprint density at radius 3 is 2.96 bits per heavy atom. The Bertz CT molecular complexity index is 741. The highest BCUT2D eigenvalue weighted by atomic mass is 35.5. The molecule has 1 aliphatic rings. The van der Waals surface area contributed by atoms with Crippen molar-refractivity contribution in [3.8, 4) is 5.75 Å². The van der Waals surface area contributed by atoms with Crippen LogP contribution in [0.5, 0.6) is 5.75 Å². The Kier molecular flexibility index (Phi) is 6.63. The van der Waals surface area contributed by atoms with Crippen molar-refractivity contribution in [1.82, 2.24) is 10.6 Å². The molecular weight excluding hydrogens is 332 g/mol. The van der Waals surface area contributed by atoms with Gasteiger partial charge in [-0.3, -0.25) is 4.79 Å². The third-order valence-electron chi connectivity index (χ3n) is 3.95. The molecule has 2 heterocycles. The molecule has 130 valence electrons. The second-order valence-electron chi connectivity index (χ2n) is 5.76. The first-order valence-corrected chi connectivity index (χ1v) is 7.85. The summed E-state index contributed by atoms with van der Waals surface area (Å²) in [6.07, 6.45) is 2.29. The van der Waals surface area contributed by atoms with Crippen LogP contribution < -0.4 is 21.0 Å². The largest absolute Gasteiger partial charge is 0.484 e. The highest BCUT2D eigenvalue weighted by Gasteiger charge is 2.14. The Morgan fingerprint density at radius 1 is 1.33 bits per heavy atom. The van der Waals surface area contributed by atoms with Crippen LogP contribution in [0.15, 0.2) is 39.5 Å². The molecule has 1 saturated heterocycles. The van der Waals surface area contributed by atoms with E-state index in [0.717, 1.165) is 31.3 Å². The molecule has 0 bridgehead atoms. The van der Waals surface area contributed by atoms with Crippen LogP contribution in [0.1, 0.15) is 12.8 Å². The fraction of sp³-hybridized carbons (Fsp3) is 0.412. The molecule has 7 heteroatoms. The highest BCUT2D eigenvalue weighted by Crippen LogP contribution is 2.19. The minimum atomic E-state index is -0.409. The van der Waals surface area contributed by atoms with E-state index >= 15 is 0 Å². The molecule has 1 aromatic carbocycles. The van der Waals surface area contributed by atoms with Crippen molar-refractivity contribution in [3.63, 3.8) is 0 Å². The number of halogens is 1. The van der Waals surface area contributed by atoms with Gasteiger partial charge in [-0.1, -0.05) is 0 Å². The molecule has 24 heavy (non-hydrogen) atoms. The van der Waals surface area contributed by atoms with Crippen LogP contribution in [0.25, 0.3) is 11.0 Å². The van der Waals surface area contributed by atoms with Crippen molar-refractivity contribution in [1.29, 1.82) is 0 Å². The highest BCUT2D eigenvalue weighted by molar-refractivity contribution is 5.85. The van der Waals surface area contributed by atoms with Gasteiger partial charge in [-0.2, -0.15) is 0 Å². The van der Waals surface area contributed by atoms with E-state index in [2.05, 4.69) is 10.6 Å². The summed E-state index contributed by atoms with van der Waals surface area (Å²) in [5.41, 5.74) is 0.0390. The molecule has 0 radical (unpaired) electrons. The van der Waals surface area contributed by atoms with Gasteiger partial charge < -0.3 is 19.8 Å². The van der Waals surface area contributed by atoms with Crippen molar-refractivity contribution >= 4 is 29.3 Å². The maximum atomic E-state index is 11.8. The van der Waals surface area contributed by atoms with Crippen molar-refractivity contribution < 1.29 is 13.9 Å². The fourth-order valence-electron chi connectivity index (χ4n) is 2.69. The predicted molar refractivity (Wildman–Crippen MR) is 93.8 cm³/mol. The molecule has 2 N–H and O–H groups in total. The number of nitrogens with one attached hydrogen (secondary N) is 2. The number of amides is 1. The van der Waals surface area contributed by atoms with Crippen LogP contribution in [-0.4, -0.2) is 32.1 Å². The number of piperidine rings is 1. The maximum Gasteiger partial charge on any atom is 0.336 e. The lowest BCUT2D eigenvalue weighted by atomic mass is 10.00. The van der Waals surface area contributed by atoms with E-state index in [9.17, 15) is 9.59 Å². The van der Waals surface area contributed by atoms with E-state index in [0.29, 0.717) is 23.8 Å². The lowest BCUT2D eigenvalue weighted by molar-refractivity contribution is -0.123. The van der Waals surface area contributed by atoms with Crippen LogP contribution in [0.4, 0.5) is 0 Å². The summed E-state index contributed by atoms with van der Waals surface area (Å²) in [5, 5.41) is 7.02. The number of hydrogen-bond donors (Lipinski definition) is 2. The number of carbonyl (C=O) groups excluding carboxylic acids is 1. The first-order chi connectivity index (χ1) is 11.2. The van der Waals surface area contributed by atoms with Crippen molar-refractivity contribution in [3.05, 3.63) is 40.8 Å². The minimum Gasteiger partial charge on any atom is -0.484 e. The van der Waals surface area contributed by atoms with Gasteiger partial charge in [0.1, 0.15) is 11.3 Å². The third kappa shape index (κ3) is 4.97. The second kappa shape index (κ2) is 8.70. The monoisotopic (exact) mass is 352 g/mol. The predicted octanol–water partition coefficient (Wildman–Crippen LogP) is 1.71. The number of carbonyl (C=O) groups is 1. The van der Waals surface area contributed by atoms with E-state index < -0.39 is 5.63 Å². The molecule has 1 unspecified atom stereocenters. The molecular formula is C17H21ClN2O4. The van der Waals surface area contributed by atoms with E-state index in [1.165, 1.54) is 6.07 Å². The van der Waals surface area contributed by atoms with Gasteiger partial charge >= 0.3 is 5.63 Å². The van der Waals surface area contributed by atoms with Crippen molar-refractivity contribution in [2.24, 2.45) is 5.92 Å². The minimum absolute atomic E-state index is 0. The number of rotatable bonds is 5.